The average Bonchev–Trinajstić information content (AvgIpc) is 2.43. The van der Waals surface area contributed by atoms with Crippen molar-refractivity contribution in [2.45, 2.75) is 58.1 Å². The molecule has 134 valence electrons. The maximum Gasteiger partial charge on any atom is 0.408 e. The van der Waals surface area contributed by atoms with E-state index >= 15 is 0 Å². The van der Waals surface area contributed by atoms with Gasteiger partial charge in [-0.05, 0) is 53.7 Å². The van der Waals surface area contributed by atoms with Crippen LogP contribution in [0.2, 0.25) is 0 Å². The number of alkyl carbamates (subject to hydrolysis) is 1. The molecular weight excluding hydrogens is 330 g/mol. The molecule has 0 spiro atoms. The van der Waals surface area contributed by atoms with Gasteiger partial charge in [-0.1, -0.05) is 17.7 Å². The maximum absolute atomic E-state index is 12.2. The van der Waals surface area contributed by atoms with Crippen molar-refractivity contribution in [3.8, 4) is 0 Å². The van der Waals surface area contributed by atoms with Crippen molar-refractivity contribution in [2.24, 2.45) is 5.10 Å². The lowest BCUT2D eigenvalue weighted by Gasteiger charge is -2.21. The highest BCUT2D eigenvalue weighted by Crippen LogP contribution is 2.10. The van der Waals surface area contributed by atoms with Gasteiger partial charge in [0.25, 0.3) is 10.0 Å². The number of nitrogens with one attached hydrogen (secondary N) is 2. The van der Waals surface area contributed by atoms with Crippen molar-refractivity contribution >= 4 is 21.8 Å². The van der Waals surface area contributed by atoms with E-state index in [1.807, 2.05) is 6.92 Å². The van der Waals surface area contributed by atoms with E-state index in [0.717, 1.165) is 5.56 Å². The Morgan fingerprint density at radius 2 is 1.75 bits per heavy atom. The highest BCUT2D eigenvalue weighted by molar-refractivity contribution is 7.89. The summed E-state index contributed by atoms with van der Waals surface area (Å²) in [6.45, 7) is 10.4. The van der Waals surface area contributed by atoms with Gasteiger partial charge >= 0.3 is 6.09 Å². The zero-order valence-corrected chi connectivity index (χ0v) is 15.7. The Morgan fingerprint density at radius 3 is 2.25 bits per heavy atom. The average molecular weight is 355 g/mol. The van der Waals surface area contributed by atoms with Gasteiger partial charge in [-0.3, -0.25) is 0 Å². The number of rotatable bonds is 5. The second kappa shape index (κ2) is 7.65. The molecule has 0 bridgehead atoms. The normalized spacial score (nSPS) is 14.0. The third-order valence-corrected chi connectivity index (χ3v) is 4.26. The van der Waals surface area contributed by atoms with Crippen LogP contribution >= 0.6 is 0 Å². The monoisotopic (exact) mass is 355 g/mol. The zero-order valence-electron chi connectivity index (χ0n) is 14.9. The summed E-state index contributed by atoms with van der Waals surface area (Å²) in [6, 6.07) is 5.94. The number of sulfonamides is 1. The van der Waals surface area contributed by atoms with Crippen molar-refractivity contribution in [1.29, 1.82) is 0 Å². The van der Waals surface area contributed by atoms with Crippen molar-refractivity contribution < 1.29 is 17.9 Å². The summed E-state index contributed by atoms with van der Waals surface area (Å²) in [6.07, 6.45) is -0.592. The second-order valence-corrected chi connectivity index (χ2v) is 8.19. The van der Waals surface area contributed by atoms with E-state index in [4.69, 9.17) is 4.74 Å². The molecule has 0 saturated heterocycles. The summed E-state index contributed by atoms with van der Waals surface area (Å²) in [5.74, 6) is 0. The van der Waals surface area contributed by atoms with Crippen LogP contribution < -0.4 is 10.1 Å². The highest BCUT2D eigenvalue weighted by Gasteiger charge is 2.19. The van der Waals surface area contributed by atoms with E-state index in [9.17, 15) is 13.2 Å². The van der Waals surface area contributed by atoms with Gasteiger partial charge in [0, 0.05) is 0 Å². The van der Waals surface area contributed by atoms with E-state index < -0.39 is 27.8 Å². The topological polar surface area (TPSA) is 96.9 Å². The molecule has 1 atom stereocenters. The smallest absolute Gasteiger partial charge is 0.408 e. The summed E-state index contributed by atoms with van der Waals surface area (Å²) in [5, 5.41) is 6.45. The number of ether oxygens (including phenoxy) is 1. The van der Waals surface area contributed by atoms with Crippen LogP contribution in [0.4, 0.5) is 4.79 Å². The Morgan fingerprint density at radius 1 is 1.21 bits per heavy atom. The number of hydrogen-bond acceptors (Lipinski definition) is 5. The Labute approximate surface area is 143 Å². The number of benzene rings is 1. The van der Waals surface area contributed by atoms with Gasteiger partial charge in [0.15, 0.2) is 0 Å². The Hall–Kier alpha value is -2.09. The van der Waals surface area contributed by atoms with Crippen molar-refractivity contribution in [1.82, 2.24) is 10.1 Å². The summed E-state index contributed by atoms with van der Waals surface area (Å²) in [4.78, 5) is 14.0. The number of nitrogens with zero attached hydrogens (tertiary/aromatic N) is 1. The molecule has 0 saturated carbocycles. The Balaban J connectivity index is 2.71. The summed E-state index contributed by atoms with van der Waals surface area (Å²) in [7, 11) is -3.74. The molecule has 7 nitrogen and oxygen atoms in total. The first-order valence-corrected chi connectivity index (χ1v) is 9.01. The largest absolute Gasteiger partial charge is 0.444 e. The molecule has 0 aliphatic heterocycles. The number of aryl methyl sites for hydroxylation is 1. The summed E-state index contributed by atoms with van der Waals surface area (Å²) >= 11 is 0. The van der Waals surface area contributed by atoms with Crippen LogP contribution in [-0.4, -0.2) is 31.9 Å². The first kappa shape index (κ1) is 20.0. The van der Waals surface area contributed by atoms with Crippen LogP contribution in [0.3, 0.4) is 0 Å². The molecule has 0 radical (unpaired) electrons. The molecule has 1 rings (SSSR count). The van der Waals surface area contributed by atoms with Gasteiger partial charge in [0.05, 0.1) is 16.6 Å². The standard InChI is InChI=1S/C16H25N3O4S/c1-11-7-9-14(10-8-11)24(21,22)19-18-13(3)12(2)17-15(20)23-16(4,5)6/h7-10,12,19H,1-6H3,(H,17,20)/b18-13+/t12-/m0/s1. The van der Waals surface area contributed by atoms with Crippen molar-refractivity contribution in [2.75, 3.05) is 0 Å². The van der Waals surface area contributed by atoms with Crippen molar-refractivity contribution in [3.05, 3.63) is 29.8 Å². The first-order chi connectivity index (χ1) is 10.9. The lowest BCUT2D eigenvalue weighted by Crippen LogP contribution is -2.41. The van der Waals surface area contributed by atoms with E-state index in [1.54, 1.807) is 46.8 Å². The van der Waals surface area contributed by atoms with Crippen LogP contribution in [0.25, 0.3) is 0 Å². The van der Waals surface area contributed by atoms with E-state index in [1.165, 1.54) is 12.1 Å². The quantitative estimate of drug-likeness (QED) is 0.626. The van der Waals surface area contributed by atoms with Crippen LogP contribution in [0.5, 0.6) is 0 Å². The van der Waals surface area contributed by atoms with Gasteiger partial charge in [0.1, 0.15) is 5.60 Å². The first-order valence-electron chi connectivity index (χ1n) is 7.53. The molecule has 2 N–H and O–H groups in total. The third kappa shape index (κ3) is 6.57. The summed E-state index contributed by atoms with van der Waals surface area (Å²) < 4.78 is 29.4. The molecule has 0 aromatic heterocycles. The highest BCUT2D eigenvalue weighted by atomic mass is 32.2. The van der Waals surface area contributed by atoms with E-state index in [2.05, 4.69) is 15.2 Å². The van der Waals surface area contributed by atoms with Gasteiger partial charge in [-0.15, -0.1) is 0 Å². The SMILES string of the molecule is C/C(=N\NS(=O)(=O)c1ccc(C)cc1)[C@H](C)NC(=O)OC(C)(C)C. The fourth-order valence-corrected chi connectivity index (χ4v) is 2.45. The molecule has 0 fully saturated rings. The van der Waals surface area contributed by atoms with Gasteiger partial charge in [0.2, 0.25) is 0 Å². The van der Waals surface area contributed by atoms with Gasteiger partial charge in [-0.2, -0.15) is 13.5 Å². The number of hydrazone groups is 1. The van der Waals surface area contributed by atoms with Crippen LogP contribution in [0, 0.1) is 6.92 Å². The zero-order chi connectivity index (χ0) is 18.5. The van der Waals surface area contributed by atoms with Crippen molar-refractivity contribution in [3.63, 3.8) is 0 Å². The van der Waals surface area contributed by atoms with Crippen LogP contribution in [0.1, 0.15) is 40.2 Å². The maximum atomic E-state index is 12.2. The van der Waals surface area contributed by atoms with Gasteiger partial charge < -0.3 is 10.1 Å². The Kier molecular flexibility index (Phi) is 6.36. The minimum absolute atomic E-state index is 0.123. The molecule has 0 unspecified atom stereocenters. The van der Waals surface area contributed by atoms with Crippen LogP contribution in [-0.2, 0) is 14.8 Å². The molecule has 8 heteroatoms. The minimum atomic E-state index is -3.74. The molecular formula is C16H25N3O4S. The molecule has 1 amide bonds. The Bertz CT molecular complexity index is 704. The number of hydrogen-bond donors (Lipinski definition) is 2. The molecule has 24 heavy (non-hydrogen) atoms. The third-order valence-electron chi connectivity index (χ3n) is 3.03. The molecule has 0 aliphatic rings. The fourth-order valence-electron chi connectivity index (χ4n) is 1.59. The van der Waals surface area contributed by atoms with E-state index in [0.29, 0.717) is 5.71 Å². The molecule has 1 aromatic carbocycles. The number of carbonyl (C=O) groups excluding carboxylic acids is 1. The molecule has 1 aromatic rings. The lowest BCUT2D eigenvalue weighted by atomic mass is 10.2. The summed E-state index contributed by atoms with van der Waals surface area (Å²) in [5.41, 5.74) is 0.752. The van der Waals surface area contributed by atoms with E-state index in [-0.39, 0.29) is 4.90 Å². The minimum Gasteiger partial charge on any atom is -0.444 e. The fraction of sp³-hybridized carbons (Fsp3) is 0.500. The molecule has 0 aliphatic carbocycles. The van der Waals surface area contributed by atoms with Gasteiger partial charge in [-0.25, -0.2) is 9.63 Å². The van der Waals surface area contributed by atoms with Crippen LogP contribution in [0.15, 0.2) is 34.3 Å². The number of amides is 1. The predicted octanol–water partition coefficient (Wildman–Crippen LogP) is 2.56. The number of carbonyl (C=O) groups is 1. The molecule has 0 heterocycles. The lowest BCUT2D eigenvalue weighted by molar-refractivity contribution is 0.0521. The predicted molar refractivity (Wildman–Crippen MR) is 93.4 cm³/mol. The second-order valence-electron chi connectivity index (χ2n) is 6.53.